The molecule has 0 amide bonds. The van der Waals surface area contributed by atoms with Crippen LogP contribution in [0.25, 0.3) is 0 Å². The normalized spacial score (nSPS) is 34.1. The molecule has 2 aliphatic rings. The molecule has 2 aliphatic carbocycles. The molecule has 94 valence electrons. The zero-order chi connectivity index (χ0) is 11.4. The summed E-state index contributed by atoms with van der Waals surface area (Å²) in [5.74, 6) is 0.924. The van der Waals surface area contributed by atoms with Crippen LogP contribution in [-0.2, 0) is 4.74 Å². The highest BCUT2D eigenvalue weighted by molar-refractivity contribution is 9.09. The van der Waals surface area contributed by atoms with Gasteiger partial charge in [-0.3, -0.25) is 0 Å². The summed E-state index contributed by atoms with van der Waals surface area (Å²) in [6.07, 6.45) is 12.5. The van der Waals surface area contributed by atoms with Crippen molar-refractivity contribution in [1.29, 1.82) is 0 Å². The number of hydrogen-bond acceptors (Lipinski definition) is 1. The summed E-state index contributed by atoms with van der Waals surface area (Å²) in [4.78, 5) is 0. The van der Waals surface area contributed by atoms with Crippen molar-refractivity contribution in [3.05, 3.63) is 0 Å². The second-order valence-corrected chi connectivity index (χ2v) is 6.27. The molecule has 0 spiro atoms. The molecule has 0 N–H and O–H groups in total. The van der Waals surface area contributed by atoms with Crippen LogP contribution in [0.2, 0.25) is 0 Å². The van der Waals surface area contributed by atoms with Crippen LogP contribution < -0.4 is 0 Å². The van der Waals surface area contributed by atoms with Crippen molar-refractivity contribution in [1.82, 2.24) is 0 Å². The van der Waals surface area contributed by atoms with Gasteiger partial charge < -0.3 is 4.74 Å². The standard InChI is InChI=1S/C14H25BrO/c1-2-12-6-5-7-13(10-12)16-14(11-15)8-3-4-9-14/h12-13H,2-11H2,1H3. The van der Waals surface area contributed by atoms with Gasteiger partial charge in [-0.1, -0.05) is 55.0 Å². The van der Waals surface area contributed by atoms with E-state index in [-0.39, 0.29) is 5.60 Å². The van der Waals surface area contributed by atoms with E-state index < -0.39 is 0 Å². The Bertz CT molecular complexity index is 211. The molecular formula is C14H25BrO. The molecule has 2 saturated carbocycles. The third-order valence-electron chi connectivity index (χ3n) is 4.49. The first-order valence-electron chi connectivity index (χ1n) is 7.02. The maximum absolute atomic E-state index is 6.47. The fourth-order valence-corrected chi connectivity index (χ4v) is 4.07. The van der Waals surface area contributed by atoms with E-state index in [0.29, 0.717) is 6.10 Å². The summed E-state index contributed by atoms with van der Waals surface area (Å²) in [6, 6.07) is 0. The monoisotopic (exact) mass is 288 g/mol. The molecule has 0 radical (unpaired) electrons. The Hall–Kier alpha value is 0.440. The van der Waals surface area contributed by atoms with Crippen LogP contribution in [0.5, 0.6) is 0 Å². The van der Waals surface area contributed by atoms with Gasteiger partial charge in [0.05, 0.1) is 11.7 Å². The third-order valence-corrected chi connectivity index (χ3v) is 5.51. The molecule has 2 heteroatoms. The van der Waals surface area contributed by atoms with Crippen molar-refractivity contribution in [2.24, 2.45) is 5.92 Å². The predicted molar refractivity (Wildman–Crippen MR) is 72.1 cm³/mol. The lowest BCUT2D eigenvalue weighted by molar-refractivity contribution is -0.0945. The summed E-state index contributed by atoms with van der Waals surface area (Å²) >= 11 is 3.67. The van der Waals surface area contributed by atoms with Gasteiger partial charge in [0.15, 0.2) is 0 Å². The van der Waals surface area contributed by atoms with E-state index in [2.05, 4.69) is 22.9 Å². The highest BCUT2D eigenvalue weighted by atomic mass is 79.9. The average Bonchev–Trinajstić information content (AvgIpc) is 2.78. The van der Waals surface area contributed by atoms with Crippen LogP contribution in [0, 0.1) is 5.92 Å². The number of ether oxygens (including phenoxy) is 1. The van der Waals surface area contributed by atoms with Gasteiger partial charge in [-0.2, -0.15) is 0 Å². The zero-order valence-electron chi connectivity index (χ0n) is 10.5. The first-order valence-corrected chi connectivity index (χ1v) is 8.14. The van der Waals surface area contributed by atoms with E-state index in [1.165, 1.54) is 57.8 Å². The van der Waals surface area contributed by atoms with Crippen LogP contribution in [0.4, 0.5) is 0 Å². The molecule has 0 bridgehead atoms. The lowest BCUT2D eigenvalue weighted by Gasteiger charge is -2.36. The largest absolute Gasteiger partial charge is 0.371 e. The Labute approximate surface area is 108 Å². The molecule has 2 fully saturated rings. The van der Waals surface area contributed by atoms with Crippen molar-refractivity contribution >= 4 is 15.9 Å². The fourth-order valence-electron chi connectivity index (χ4n) is 3.38. The molecule has 0 heterocycles. The number of halogens is 1. The fraction of sp³-hybridized carbons (Fsp3) is 1.00. The maximum atomic E-state index is 6.47. The number of alkyl halides is 1. The Morgan fingerprint density at radius 2 is 1.94 bits per heavy atom. The minimum Gasteiger partial charge on any atom is -0.371 e. The predicted octanol–water partition coefficient (Wildman–Crippen LogP) is 4.68. The first kappa shape index (κ1) is 12.9. The molecule has 2 rings (SSSR count). The molecule has 0 aromatic heterocycles. The van der Waals surface area contributed by atoms with Crippen LogP contribution in [-0.4, -0.2) is 17.0 Å². The van der Waals surface area contributed by atoms with Gasteiger partial charge in [0, 0.05) is 5.33 Å². The molecule has 0 saturated heterocycles. The van der Waals surface area contributed by atoms with Gasteiger partial charge in [-0.05, 0) is 31.6 Å². The lowest BCUT2D eigenvalue weighted by Crippen LogP contribution is -2.37. The molecular weight excluding hydrogens is 264 g/mol. The van der Waals surface area contributed by atoms with Crippen molar-refractivity contribution < 1.29 is 4.74 Å². The van der Waals surface area contributed by atoms with Gasteiger partial charge in [0.2, 0.25) is 0 Å². The van der Waals surface area contributed by atoms with Crippen molar-refractivity contribution in [2.45, 2.75) is 76.4 Å². The average molecular weight is 289 g/mol. The summed E-state index contributed by atoms with van der Waals surface area (Å²) in [7, 11) is 0. The highest BCUT2D eigenvalue weighted by Crippen LogP contribution is 2.39. The van der Waals surface area contributed by atoms with E-state index in [4.69, 9.17) is 4.74 Å². The second-order valence-electron chi connectivity index (χ2n) is 5.70. The third kappa shape index (κ3) is 3.01. The van der Waals surface area contributed by atoms with E-state index in [1.54, 1.807) is 0 Å². The second kappa shape index (κ2) is 5.86. The Morgan fingerprint density at radius 3 is 2.56 bits per heavy atom. The summed E-state index contributed by atoms with van der Waals surface area (Å²) in [5.41, 5.74) is 0.195. The van der Waals surface area contributed by atoms with Gasteiger partial charge in [-0.25, -0.2) is 0 Å². The topological polar surface area (TPSA) is 9.23 Å². The van der Waals surface area contributed by atoms with Crippen molar-refractivity contribution in [3.8, 4) is 0 Å². The van der Waals surface area contributed by atoms with Gasteiger partial charge >= 0.3 is 0 Å². The minimum atomic E-state index is 0.195. The Balaban J connectivity index is 1.87. The highest BCUT2D eigenvalue weighted by Gasteiger charge is 2.37. The molecule has 2 unspecified atom stereocenters. The van der Waals surface area contributed by atoms with E-state index in [9.17, 15) is 0 Å². The summed E-state index contributed by atoms with van der Waals surface area (Å²) in [5, 5.41) is 1.04. The van der Waals surface area contributed by atoms with E-state index in [1.807, 2.05) is 0 Å². The molecule has 16 heavy (non-hydrogen) atoms. The van der Waals surface area contributed by atoms with Crippen molar-refractivity contribution in [2.75, 3.05) is 5.33 Å². The molecule has 2 atom stereocenters. The smallest absolute Gasteiger partial charge is 0.0782 e. The lowest BCUT2D eigenvalue weighted by atomic mass is 9.85. The molecule has 0 aliphatic heterocycles. The SMILES string of the molecule is CCC1CCCC(OC2(CBr)CCCC2)C1. The van der Waals surface area contributed by atoms with E-state index >= 15 is 0 Å². The van der Waals surface area contributed by atoms with Gasteiger partial charge in [0.1, 0.15) is 0 Å². The Kier molecular flexibility index (Phi) is 4.72. The summed E-state index contributed by atoms with van der Waals surface area (Å²) in [6.45, 7) is 2.32. The first-order chi connectivity index (χ1) is 7.78. The van der Waals surface area contributed by atoms with Crippen LogP contribution >= 0.6 is 15.9 Å². The molecule has 0 aromatic carbocycles. The molecule has 0 aromatic rings. The van der Waals surface area contributed by atoms with Crippen LogP contribution in [0.1, 0.15) is 64.7 Å². The van der Waals surface area contributed by atoms with Crippen LogP contribution in [0.15, 0.2) is 0 Å². The quantitative estimate of drug-likeness (QED) is 0.683. The molecule has 1 nitrogen and oxygen atoms in total. The minimum absolute atomic E-state index is 0.195. The zero-order valence-corrected chi connectivity index (χ0v) is 12.1. The number of hydrogen-bond donors (Lipinski definition) is 0. The van der Waals surface area contributed by atoms with Crippen LogP contribution in [0.3, 0.4) is 0 Å². The Morgan fingerprint density at radius 1 is 1.19 bits per heavy atom. The van der Waals surface area contributed by atoms with Crippen molar-refractivity contribution in [3.63, 3.8) is 0 Å². The van der Waals surface area contributed by atoms with E-state index in [0.717, 1.165) is 11.2 Å². The van der Waals surface area contributed by atoms with Gasteiger partial charge in [-0.15, -0.1) is 0 Å². The van der Waals surface area contributed by atoms with Gasteiger partial charge in [0.25, 0.3) is 0 Å². The summed E-state index contributed by atoms with van der Waals surface area (Å²) < 4.78 is 6.47. The maximum Gasteiger partial charge on any atom is 0.0782 e. The number of rotatable bonds is 4.